The third-order valence-corrected chi connectivity index (χ3v) is 6.91. The molecule has 8 nitrogen and oxygen atoms in total. The number of carbonyl (C=O) groups is 1. The standard InChI is InChI=1S/C25H32FN7OS/c1-4-22(34)28-16-5-7-17(8-6-16)29-24-23-21(11-14-35-23)31-25(32-24)30-18-9-10-20(19(26)15-18)27-12-13-33(2)3/h4,9-11,14-17,27H,1,5-8,12-13H2,2-3H3,(H,28,34)(H2,29,30,31,32)/t16-,17+. The molecule has 0 atom stereocenters. The summed E-state index contributed by atoms with van der Waals surface area (Å²) in [6.07, 6.45) is 4.96. The van der Waals surface area contributed by atoms with Crippen molar-refractivity contribution in [2.24, 2.45) is 0 Å². The Morgan fingerprint density at radius 2 is 1.97 bits per heavy atom. The average molecular weight is 498 g/mol. The van der Waals surface area contributed by atoms with Gasteiger partial charge in [-0.1, -0.05) is 6.58 Å². The van der Waals surface area contributed by atoms with Crippen molar-refractivity contribution >= 4 is 50.6 Å². The molecule has 2 heterocycles. The quantitative estimate of drug-likeness (QED) is 0.305. The molecule has 1 saturated carbocycles. The van der Waals surface area contributed by atoms with Crippen LogP contribution >= 0.6 is 11.3 Å². The Morgan fingerprint density at radius 3 is 2.69 bits per heavy atom. The highest BCUT2D eigenvalue weighted by Gasteiger charge is 2.23. The fourth-order valence-corrected chi connectivity index (χ4v) is 4.92. The molecule has 10 heteroatoms. The van der Waals surface area contributed by atoms with E-state index in [0.717, 1.165) is 48.3 Å². The van der Waals surface area contributed by atoms with Crippen LogP contribution in [0.15, 0.2) is 42.3 Å². The topological polar surface area (TPSA) is 94.2 Å². The molecule has 4 rings (SSSR count). The van der Waals surface area contributed by atoms with Crippen molar-refractivity contribution in [2.45, 2.75) is 37.8 Å². The summed E-state index contributed by atoms with van der Waals surface area (Å²) in [5.41, 5.74) is 1.89. The van der Waals surface area contributed by atoms with Crippen LogP contribution in [0, 0.1) is 5.82 Å². The second-order valence-electron chi connectivity index (χ2n) is 8.99. The van der Waals surface area contributed by atoms with Gasteiger partial charge in [-0.05, 0) is 75.5 Å². The van der Waals surface area contributed by atoms with Gasteiger partial charge < -0.3 is 26.2 Å². The molecule has 4 N–H and O–H groups in total. The van der Waals surface area contributed by atoms with Gasteiger partial charge in [-0.2, -0.15) is 4.98 Å². The number of benzene rings is 1. The number of hydrogen-bond donors (Lipinski definition) is 4. The molecule has 1 aliphatic carbocycles. The zero-order valence-electron chi connectivity index (χ0n) is 20.1. The Labute approximate surface area is 209 Å². The van der Waals surface area contributed by atoms with Gasteiger partial charge in [0.1, 0.15) is 11.6 Å². The molecule has 0 unspecified atom stereocenters. The Bertz CT molecular complexity index is 1170. The van der Waals surface area contributed by atoms with Crippen LogP contribution in [0.4, 0.5) is 27.5 Å². The highest BCUT2D eigenvalue weighted by molar-refractivity contribution is 7.17. The third kappa shape index (κ3) is 6.67. The average Bonchev–Trinajstić information content (AvgIpc) is 3.30. The van der Waals surface area contributed by atoms with Crippen LogP contribution in [0.25, 0.3) is 10.2 Å². The van der Waals surface area contributed by atoms with Crippen molar-refractivity contribution < 1.29 is 9.18 Å². The smallest absolute Gasteiger partial charge is 0.243 e. The first-order chi connectivity index (χ1) is 16.9. The summed E-state index contributed by atoms with van der Waals surface area (Å²) in [6, 6.07) is 7.37. The first-order valence-electron chi connectivity index (χ1n) is 11.8. The maximum absolute atomic E-state index is 14.6. The second kappa shape index (κ2) is 11.5. The van der Waals surface area contributed by atoms with Crippen molar-refractivity contribution in [1.82, 2.24) is 20.2 Å². The fourth-order valence-electron chi connectivity index (χ4n) is 4.13. The minimum absolute atomic E-state index is 0.123. The van der Waals surface area contributed by atoms with Crippen molar-refractivity contribution in [3.8, 4) is 0 Å². The lowest BCUT2D eigenvalue weighted by molar-refractivity contribution is -0.117. The number of hydrogen-bond acceptors (Lipinski definition) is 8. The number of nitrogens with zero attached hydrogens (tertiary/aromatic N) is 3. The highest BCUT2D eigenvalue weighted by Crippen LogP contribution is 2.31. The molecule has 1 amide bonds. The number of aromatic nitrogens is 2. The van der Waals surface area contributed by atoms with Gasteiger partial charge in [-0.15, -0.1) is 11.3 Å². The highest BCUT2D eigenvalue weighted by atomic mass is 32.1. The van der Waals surface area contributed by atoms with Crippen LogP contribution in [-0.2, 0) is 4.79 Å². The molecule has 1 fully saturated rings. The van der Waals surface area contributed by atoms with E-state index >= 15 is 0 Å². The summed E-state index contributed by atoms with van der Waals surface area (Å²) in [5.74, 6) is 0.734. The van der Waals surface area contributed by atoms with E-state index in [1.54, 1.807) is 17.4 Å². The van der Waals surface area contributed by atoms with Crippen molar-refractivity contribution in [1.29, 1.82) is 0 Å². The monoisotopic (exact) mass is 497 g/mol. The maximum Gasteiger partial charge on any atom is 0.243 e. The summed E-state index contributed by atoms with van der Waals surface area (Å²) in [7, 11) is 3.96. The van der Waals surface area contributed by atoms with Crippen LogP contribution in [0.5, 0.6) is 0 Å². The van der Waals surface area contributed by atoms with E-state index in [2.05, 4.69) is 32.8 Å². The maximum atomic E-state index is 14.6. The first kappa shape index (κ1) is 24.9. The summed E-state index contributed by atoms with van der Waals surface area (Å²) in [4.78, 5) is 22.9. The van der Waals surface area contributed by atoms with E-state index in [1.165, 1.54) is 12.1 Å². The molecule has 0 bridgehead atoms. The molecule has 186 valence electrons. The summed E-state index contributed by atoms with van der Waals surface area (Å²) in [5, 5.41) is 14.8. The van der Waals surface area contributed by atoms with Crippen molar-refractivity contribution in [2.75, 3.05) is 43.1 Å². The summed E-state index contributed by atoms with van der Waals surface area (Å²) in [6.45, 7) is 4.99. The molecule has 2 aromatic heterocycles. The van der Waals surface area contributed by atoms with Crippen molar-refractivity contribution in [3.05, 3.63) is 48.1 Å². The van der Waals surface area contributed by atoms with Gasteiger partial charge in [0.2, 0.25) is 11.9 Å². The molecular weight excluding hydrogens is 465 g/mol. The molecule has 35 heavy (non-hydrogen) atoms. The molecule has 0 radical (unpaired) electrons. The number of thiophene rings is 1. The molecule has 0 aliphatic heterocycles. The third-order valence-electron chi connectivity index (χ3n) is 6.00. The number of halogens is 1. The van der Waals surface area contributed by atoms with Crippen molar-refractivity contribution in [3.63, 3.8) is 0 Å². The zero-order valence-corrected chi connectivity index (χ0v) is 20.9. The Kier molecular flexibility index (Phi) is 8.14. The van der Waals surface area contributed by atoms with E-state index in [-0.39, 0.29) is 23.8 Å². The lowest BCUT2D eigenvalue weighted by Gasteiger charge is -2.29. The minimum Gasteiger partial charge on any atom is -0.381 e. The Morgan fingerprint density at radius 1 is 1.20 bits per heavy atom. The van der Waals surface area contributed by atoms with Gasteiger partial charge in [0.05, 0.1) is 15.9 Å². The Balaban J connectivity index is 1.43. The molecule has 0 spiro atoms. The largest absolute Gasteiger partial charge is 0.381 e. The van der Waals surface area contributed by atoms with Crippen LogP contribution in [0.1, 0.15) is 25.7 Å². The normalized spacial score (nSPS) is 17.8. The lowest BCUT2D eigenvalue weighted by Crippen LogP contribution is -2.39. The number of carbonyl (C=O) groups excluding carboxylic acids is 1. The van der Waals surface area contributed by atoms with Gasteiger partial charge in [-0.3, -0.25) is 4.79 Å². The van der Waals surface area contributed by atoms with E-state index in [1.807, 2.05) is 36.5 Å². The van der Waals surface area contributed by atoms with Gasteiger partial charge in [0.25, 0.3) is 0 Å². The molecule has 1 aromatic carbocycles. The number of nitrogens with one attached hydrogen (secondary N) is 4. The zero-order chi connectivity index (χ0) is 24.8. The molecule has 0 saturated heterocycles. The van der Waals surface area contributed by atoms with Crippen LogP contribution in [-0.4, -0.2) is 60.0 Å². The summed E-state index contributed by atoms with van der Waals surface area (Å²) >= 11 is 1.59. The number of likely N-dealkylation sites (N-methyl/N-ethyl adjacent to an activating group) is 1. The van der Waals surface area contributed by atoms with Gasteiger partial charge in [-0.25, -0.2) is 9.37 Å². The van der Waals surface area contributed by atoms with Gasteiger partial charge >= 0.3 is 0 Å². The summed E-state index contributed by atoms with van der Waals surface area (Å²) < 4.78 is 15.6. The fraction of sp³-hybridized carbons (Fsp3) is 0.400. The number of amides is 1. The number of anilines is 4. The van der Waals surface area contributed by atoms with Crippen LogP contribution < -0.4 is 21.3 Å². The van der Waals surface area contributed by atoms with Gasteiger partial charge in [0, 0.05) is 30.9 Å². The van der Waals surface area contributed by atoms with E-state index in [9.17, 15) is 9.18 Å². The van der Waals surface area contributed by atoms with Crippen LogP contribution in [0.3, 0.4) is 0 Å². The Hall–Kier alpha value is -3.24. The predicted molar refractivity (Wildman–Crippen MR) is 142 cm³/mol. The SMILES string of the molecule is C=CC(=O)N[C@H]1CC[C@@H](Nc2nc(Nc3ccc(NCCN(C)C)c(F)c3)nc3ccsc23)CC1. The molecular formula is C25H32FN7OS. The van der Waals surface area contributed by atoms with Gasteiger partial charge in [0.15, 0.2) is 0 Å². The van der Waals surface area contributed by atoms with E-state index in [4.69, 9.17) is 4.98 Å². The number of fused-ring (bicyclic) bond motifs is 1. The number of rotatable bonds is 10. The molecule has 1 aliphatic rings. The molecule has 3 aromatic rings. The van der Waals surface area contributed by atoms with E-state index < -0.39 is 0 Å². The predicted octanol–water partition coefficient (Wildman–Crippen LogP) is 4.57. The second-order valence-corrected chi connectivity index (χ2v) is 9.90. The first-order valence-corrected chi connectivity index (χ1v) is 12.7. The van der Waals surface area contributed by atoms with E-state index in [0.29, 0.717) is 23.9 Å². The lowest BCUT2D eigenvalue weighted by atomic mass is 9.91. The minimum atomic E-state index is -0.330. The van der Waals surface area contributed by atoms with Crippen LogP contribution in [0.2, 0.25) is 0 Å².